The lowest BCUT2D eigenvalue weighted by Gasteiger charge is -2.27. The standard InChI is InChI=1S/C29H26FN2/c1-19-7-13-23-24-6-5-17-31-28(24)29(15-3-4-16-29)27(23)26(19)25-14-10-21(18-32(25)2)20-8-11-22(30)12-9-20/h5-14,17-18H,3-4,15-16H2,1-2H3/q+1. The molecule has 158 valence electrons. The molecule has 32 heavy (non-hydrogen) atoms. The fourth-order valence-electron chi connectivity index (χ4n) is 6.03. The summed E-state index contributed by atoms with van der Waals surface area (Å²) in [5, 5.41) is 0. The van der Waals surface area contributed by atoms with Crippen molar-refractivity contribution in [2.24, 2.45) is 7.05 Å². The first kappa shape index (κ1) is 19.4. The summed E-state index contributed by atoms with van der Waals surface area (Å²) in [5.74, 6) is -0.208. The van der Waals surface area contributed by atoms with Crippen molar-refractivity contribution in [1.82, 2.24) is 4.98 Å². The summed E-state index contributed by atoms with van der Waals surface area (Å²) >= 11 is 0. The number of fused-ring (bicyclic) bond motifs is 5. The molecule has 1 saturated carbocycles. The van der Waals surface area contributed by atoms with Crippen LogP contribution >= 0.6 is 0 Å². The highest BCUT2D eigenvalue weighted by atomic mass is 19.1. The minimum absolute atomic E-state index is 0.0237. The summed E-state index contributed by atoms with van der Waals surface area (Å²) in [4.78, 5) is 4.92. The Morgan fingerprint density at radius 3 is 2.38 bits per heavy atom. The van der Waals surface area contributed by atoms with E-state index in [1.807, 2.05) is 18.3 Å². The van der Waals surface area contributed by atoms with Crippen molar-refractivity contribution in [2.75, 3.05) is 0 Å². The number of rotatable bonds is 2. The van der Waals surface area contributed by atoms with Crippen LogP contribution in [0.2, 0.25) is 0 Å². The van der Waals surface area contributed by atoms with Crippen LogP contribution in [0.1, 0.15) is 42.5 Å². The summed E-state index contributed by atoms with van der Waals surface area (Å²) in [6.07, 6.45) is 8.94. The average Bonchev–Trinajstić information content (AvgIpc) is 3.40. The third kappa shape index (κ3) is 2.70. The Balaban J connectivity index is 1.57. The monoisotopic (exact) mass is 421 g/mol. The largest absolute Gasteiger partial charge is 0.260 e. The topological polar surface area (TPSA) is 16.8 Å². The van der Waals surface area contributed by atoms with Gasteiger partial charge >= 0.3 is 0 Å². The van der Waals surface area contributed by atoms with E-state index in [4.69, 9.17) is 4.98 Å². The molecule has 4 aromatic rings. The number of hydrogen-bond donors (Lipinski definition) is 0. The van der Waals surface area contributed by atoms with E-state index in [0.717, 1.165) is 24.0 Å². The summed E-state index contributed by atoms with van der Waals surface area (Å²) < 4.78 is 15.6. The number of halogens is 1. The van der Waals surface area contributed by atoms with E-state index < -0.39 is 0 Å². The van der Waals surface area contributed by atoms with Crippen molar-refractivity contribution in [3.8, 4) is 33.5 Å². The highest BCUT2D eigenvalue weighted by Gasteiger charge is 2.48. The molecular weight excluding hydrogens is 395 g/mol. The molecule has 3 heteroatoms. The Hall–Kier alpha value is -3.33. The van der Waals surface area contributed by atoms with Crippen LogP contribution in [-0.4, -0.2) is 4.98 Å². The van der Waals surface area contributed by atoms with Gasteiger partial charge in [0.05, 0.1) is 11.3 Å². The van der Waals surface area contributed by atoms with Crippen LogP contribution in [-0.2, 0) is 12.5 Å². The number of pyridine rings is 2. The molecule has 0 atom stereocenters. The van der Waals surface area contributed by atoms with Gasteiger partial charge in [0.1, 0.15) is 12.9 Å². The fraction of sp³-hybridized carbons (Fsp3) is 0.241. The quantitative estimate of drug-likeness (QED) is 0.336. The summed E-state index contributed by atoms with van der Waals surface area (Å²) in [6.45, 7) is 2.22. The molecule has 0 saturated heterocycles. The third-order valence-corrected chi connectivity index (χ3v) is 7.47. The minimum Gasteiger partial charge on any atom is -0.260 e. The highest BCUT2D eigenvalue weighted by molar-refractivity contribution is 5.88. The van der Waals surface area contributed by atoms with Crippen LogP contribution in [0.5, 0.6) is 0 Å². The second-order valence-corrected chi connectivity index (χ2v) is 9.29. The van der Waals surface area contributed by atoms with Gasteiger partial charge in [-0.1, -0.05) is 43.2 Å². The normalized spacial score (nSPS) is 15.7. The highest BCUT2D eigenvalue weighted by Crippen LogP contribution is 2.58. The van der Waals surface area contributed by atoms with Gasteiger partial charge < -0.3 is 0 Å². The van der Waals surface area contributed by atoms with Crippen molar-refractivity contribution in [3.63, 3.8) is 0 Å². The second kappa shape index (κ2) is 7.09. The Morgan fingerprint density at radius 1 is 0.875 bits per heavy atom. The fourth-order valence-corrected chi connectivity index (χ4v) is 6.03. The number of nitrogens with zero attached hydrogens (tertiary/aromatic N) is 2. The molecule has 2 aromatic carbocycles. The van der Waals surface area contributed by atoms with Gasteiger partial charge in [-0.05, 0) is 66.3 Å². The first-order chi connectivity index (χ1) is 15.6. The van der Waals surface area contributed by atoms with Crippen molar-refractivity contribution in [2.45, 2.75) is 38.0 Å². The Bertz CT molecular complexity index is 1350. The van der Waals surface area contributed by atoms with Crippen LogP contribution in [0.3, 0.4) is 0 Å². The maximum absolute atomic E-state index is 13.4. The Morgan fingerprint density at radius 2 is 1.62 bits per heavy atom. The average molecular weight is 422 g/mol. The zero-order valence-corrected chi connectivity index (χ0v) is 18.5. The molecule has 2 aromatic heterocycles. The molecule has 2 heterocycles. The smallest absolute Gasteiger partial charge is 0.212 e. The molecule has 2 aliphatic rings. The molecule has 1 fully saturated rings. The van der Waals surface area contributed by atoms with Crippen LogP contribution in [0, 0.1) is 12.7 Å². The van der Waals surface area contributed by atoms with Gasteiger partial charge in [0.25, 0.3) is 0 Å². The van der Waals surface area contributed by atoms with E-state index in [1.54, 1.807) is 0 Å². The van der Waals surface area contributed by atoms with Gasteiger partial charge in [0.15, 0.2) is 6.20 Å². The molecule has 0 aliphatic heterocycles. The molecule has 2 aliphatic carbocycles. The van der Waals surface area contributed by atoms with Crippen LogP contribution in [0.15, 0.2) is 73.1 Å². The van der Waals surface area contributed by atoms with Gasteiger partial charge in [-0.2, -0.15) is 0 Å². The molecule has 0 amide bonds. The molecule has 0 unspecified atom stereocenters. The lowest BCUT2D eigenvalue weighted by Crippen LogP contribution is -2.32. The molecule has 0 radical (unpaired) electrons. The lowest BCUT2D eigenvalue weighted by atomic mass is 9.75. The zero-order chi connectivity index (χ0) is 21.9. The Labute approximate surface area is 188 Å². The first-order valence-electron chi connectivity index (χ1n) is 11.4. The van der Waals surface area contributed by atoms with Gasteiger partial charge in [-0.15, -0.1) is 0 Å². The Kier molecular flexibility index (Phi) is 4.29. The predicted molar refractivity (Wildman–Crippen MR) is 126 cm³/mol. The van der Waals surface area contributed by atoms with Crippen LogP contribution in [0.25, 0.3) is 33.5 Å². The maximum Gasteiger partial charge on any atom is 0.212 e. The third-order valence-electron chi connectivity index (χ3n) is 7.47. The van der Waals surface area contributed by atoms with E-state index in [2.05, 4.69) is 61.1 Å². The summed E-state index contributed by atoms with van der Waals surface area (Å²) in [7, 11) is 2.11. The number of benzene rings is 2. The molecule has 2 nitrogen and oxygen atoms in total. The summed E-state index contributed by atoms with van der Waals surface area (Å²) in [6, 6.07) is 20.0. The molecule has 0 N–H and O–H groups in total. The lowest BCUT2D eigenvalue weighted by molar-refractivity contribution is -0.659. The molecule has 6 rings (SSSR count). The van der Waals surface area contributed by atoms with Crippen molar-refractivity contribution in [1.29, 1.82) is 0 Å². The molecule has 0 bridgehead atoms. The van der Waals surface area contributed by atoms with Crippen molar-refractivity contribution in [3.05, 3.63) is 95.7 Å². The number of aryl methyl sites for hydroxylation is 2. The van der Waals surface area contributed by atoms with Crippen molar-refractivity contribution >= 4 is 0 Å². The van der Waals surface area contributed by atoms with E-state index in [0.29, 0.717) is 0 Å². The van der Waals surface area contributed by atoms with E-state index in [-0.39, 0.29) is 11.2 Å². The van der Waals surface area contributed by atoms with Gasteiger partial charge in [0, 0.05) is 28.8 Å². The summed E-state index contributed by atoms with van der Waals surface area (Å²) in [5.41, 5.74) is 11.4. The van der Waals surface area contributed by atoms with E-state index in [1.165, 1.54) is 64.2 Å². The van der Waals surface area contributed by atoms with Crippen molar-refractivity contribution < 1.29 is 8.96 Å². The maximum atomic E-state index is 13.4. The van der Waals surface area contributed by atoms with Crippen LogP contribution in [0.4, 0.5) is 4.39 Å². The molecule has 1 spiro atoms. The van der Waals surface area contributed by atoms with Gasteiger partial charge in [-0.3, -0.25) is 4.98 Å². The molecular formula is C29H26FN2+. The number of hydrogen-bond acceptors (Lipinski definition) is 1. The van der Waals surface area contributed by atoms with E-state index >= 15 is 0 Å². The van der Waals surface area contributed by atoms with Crippen LogP contribution < -0.4 is 4.57 Å². The van der Waals surface area contributed by atoms with E-state index in [9.17, 15) is 4.39 Å². The first-order valence-corrected chi connectivity index (χ1v) is 11.4. The van der Waals surface area contributed by atoms with Gasteiger partial charge in [-0.25, -0.2) is 8.96 Å². The number of aromatic nitrogens is 2. The predicted octanol–water partition coefficient (Wildman–Crippen LogP) is 6.53. The minimum atomic E-state index is -0.208. The SMILES string of the molecule is Cc1ccc2c(c1-c1ccc(-c3ccc(F)cc3)c[n+]1C)C1(CCCC1)c1ncccc1-2. The van der Waals surface area contributed by atoms with Gasteiger partial charge in [0.2, 0.25) is 5.69 Å². The second-order valence-electron chi connectivity index (χ2n) is 9.29. The zero-order valence-electron chi connectivity index (χ0n) is 18.5.